The van der Waals surface area contributed by atoms with Gasteiger partial charge in [-0.2, -0.15) is 0 Å². The summed E-state index contributed by atoms with van der Waals surface area (Å²) in [5, 5.41) is 15.4. The molecule has 0 saturated heterocycles. The third kappa shape index (κ3) is 3.80. The van der Waals surface area contributed by atoms with E-state index >= 15 is 0 Å². The minimum absolute atomic E-state index is 0.0276. The number of likely N-dealkylation sites (N-methyl/N-ethyl adjacent to an activating group) is 1. The van der Waals surface area contributed by atoms with Crippen LogP contribution in [0.1, 0.15) is 20.3 Å². The molecule has 2 N–H and O–H groups in total. The zero-order chi connectivity index (χ0) is 20.5. The van der Waals surface area contributed by atoms with E-state index in [1.165, 1.54) is 0 Å². The average Bonchev–Trinajstić information content (AvgIpc) is 3.22. The van der Waals surface area contributed by atoms with Crippen molar-refractivity contribution in [3.05, 3.63) is 34.3 Å². The molecule has 0 bridgehead atoms. The summed E-state index contributed by atoms with van der Waals surface area (Å²) in [5.41, 5.74) is 0.539. The van der Waals surface area contributed by atoms with Crippen molar-refractivity contribution in [2.24, 2.45) is 0 Å². The van der Waals surface area contributed by atoms with Gasteiger partial charge in [-0.3, -0.25) is 15.2 Å². The van der Waals surface area contributed by atoms with Crippen LogP contribution in [0.2, 0.25) is 10.0 Å². The van der Waals surface area contributed by atoms with Gasteiger partial charge in [0, 0.05) is 24.7 Å². The van der Waals surface area contributed by atoms with Crippen molar-refractivity contribution in [3.63, 3.8) is 0 Å². The molecule has 0 radical (unpaired) electrons. The van der Waals surface area contributed by atoms with E-state index in [0.717, 1.165) is 5.56 Å². The molecule has 1 unspecified atom stereocenters. The number of hydrogen-bond donors (Lipinski definition) is 2. The number of carbonyl (C=O) groups is 1. The van der Waals surface area contributed by atoms with Crippen molar-refractivity contribution < 1.29 is 9.53 Å². The summed E-state index contributed by atoms with van der Waals surface area (Å²) in [6.07, 6.45) is 0.611. The number of nitrogens with one attached hydrogen (secondary N) is 2. The smallest absolute Gasteiger partial charge is 0.242 e. The predicted molar refractivity (Wildman–Crippen MR) is 109 cm³/mol. The van der Waals surface area contributed by atoms with Gasteiger partial charge in [0.25, 0.3) is 0 Å². The topological polar surface area (TPSA) is 87.5 Å². The van der Waals surface area contributed by atoms with E-state index in [1.807, 2.05) is 26.0 Å². The minimum atomic E-state index is -0.737. The Morgan fingerprint density at radius 3 is 2.57 bits per heavy atom. The fraction of sp³-hybridized carbons (Fsp3) is 0.389. The first kappa shape index (κ1) is 20.4. The normalized spacial score (nSPS) is 13.5. The Morgan fingerprint density at radius 1 is 1.29 bits per heavy atom. The molecule has 0 fully saturated rings. The van der Waals surface area contributed by atoms with E-state index in [-0.39, 0.29) is 12.6 Å². The summed E-state index contributed by atoms with van der Waals surface area (Å²) < 4.78 is 7.38. The van der Waals surface area contributed by atoms with Crippen LogP contribution in [0.4, 0.5) is 0 Å². The van der Waals surface area contributed by atoms with Gasteiger partial charge in [-0.25, -0.2) is 4.52 Å². The summed E-state index contributed by atoms with van der Waals surface area (Å²) in [7, 11) is 3.45. The van der Waals surface area contributed by atoms with Crippen molar-refractivity contribution in [1.29, 1.82) is 0 Å². The van der Waals surface area contributed by atoms with E-state index in [1.54, 1.807) is 35.6 Å². The van der Waals surface area contributed by atoms with E-state index in [0.29, 0.717) is 33.8 Å². The van der Waals surface area contributed by atoms with Gasteiger partial charge < -0.3 is 9.64 Å². The number of hydrogen-bond acceptors (Lipinski definition) is 5. The van der Waals surface area contributed by atoms with Crippen LogP contribution >= 0.6 is 23.2 Å². The number of fused-ring (bicyclic) bond motifs is 1. The first-order chi connectivity index (χ1) is 13.3. The second kappa shape index (κ2) is 7.98. The number of rotatable bonds is 7. The van der Waals surface area contributed by atoms with Crippen LogP contribution in [0.5, 0.6) is 5.88 Å². The highest BCUT2D eigenvalue weighted by Gasteiger charge is 2.32. The van der Waals surface area contributed by atoms with E-state index in [4.69, 9.17) is 27.9 Å². The van der Waals surface area contributed by atoms with Crippen molar-refractivity contribution in [2.45, 2.75) is 25.8 Å². The summed E-state index contributed by atoms with van der Waals surface area (Å²) >= 11 is 12.3. The number of ether oxygens (including phenoxy) is 1. The summed E-state index contributed by atoms with van der Waals surface area (Å²) in [6.45, 7) is 3.87. The van der Waals surface area contributed by atoms with Gasteiger partial charge in [-0.1, -0.05) is 30.1 Å². The van der Waals surface area contributed by atoms with E-state index < -0.39 is 5.54 Å². The number of nitrogens with zero attached hydrogens (tertiary/aromatic N) is 4. The van der Waals surface area contributed by atoms with Crippen LogP contribution in [-0.4, -0.2) is 57.0 Å². The van der Waals surface area contributed by atoms with Gasteiger partial charge in [-0.15, -0.1) is 10.2 Å². The first-order valence-corrected chi connectivity index (χ1v) is 9.50. The highest BCUT2D eigenvalue weighted by Crippen LogP contribution is 2.30. The molecule has 0 aliphatic heterocycles. The molecule has 0 aliphatic carbocycles. The average molecular weight is 425 g/mol. The molecule has 2 heterocycles. The first-order valence-electron chi connectivity index (χ1n) is 8.75. The van der Waals surface area contributed by atoms with Gasteiger partial charge in [0.15, 0.2) is 11.5 Å². The van der Waals surface area contributed by atoms with E-state index in [9.17, 15) is 4.79 Å². The highest BCUT2D eigenvalue weighted by atomic mass is 35.5. The monoisotopic (exact) mass is 424 g/mol. The molecule has 150 valence electrons. The molecular weight excluding hydrogens is 403 g/mol. The van der Waals surface area contributed by atoms with E-state index in [2.05, 4.69) is 20.6 Å². The van der Waals surface area contributed by atoms with Gasteiger partial charge in [0.05, 0.1) is 5.54 Å². The summed E-state index contributed by atoms with van der Waals surface area (Å²) in [4.78, 5) is 13.9. The third-order valence-electron chi connectivity index (χ3n) is 4.64. The maximum absolute atomic E-state index is 12.4. The number of halogens is 2. The van der Waals surface area contributed by atoms with Crippen LogP contribution in [-0.2, 0) is 4.79 Å². The highest BCUT2D eigenvalue weighted by molar-refractivity contribution is 6.34. The lowest BCUT2D eigenvalue weighted by Crippen LogP contribution is -2.55. The van der Waals surface area contributed by atoms with Crippen molar-refractivity contribution in [3.8, 4) is 17.3 Å². The minimum Gasteiger partial charge on any atom is -0.461 e. The number of benzene rings is 1. The van der Waals surface area contributed by atoms with Crippen LogP contribution in [0.15, 0.2) is 24.3 Å². The molecule has 10 heteroatoms. The largest absolute Gasteiger partial charge is 0.461 e. The molecule has 1 atom stereocenters. The molecule has 0 spiro atoms. The Hall–Kier alpha value is -2.29. The quantitative estimate of drug-likeness (QED) is 0.568. The zero-order valence-electron chi connectivity index (χ0n) is 16.1. The Balaban J connectivity index is 1.78. The second-order valence-electron chi connectivity index (χ2n) is 6.80. The molecule has 3 rings (SSSR count). The standard InChI is InChI=1S/C18H22Cl2N6O2/c1-5-18(2,17(27)25(3)4)21-10-28-16-13(20)15-23-22-14(26(15)24-16)11-6-8-12(19)9-7-11/h6-9,21,24H,5,10H2,1-4H3. The lowest BCUT2D eigenvalue weighted by molar-refractivity contribution is -0.135. The maximum atomic E-state index is 12.4. The molecule has 2 aromatic heterocycles. The Morgan fingerprint density at radius 2 is 1.96 bits per heavy atom. The Bertz CT molecular complexity index is 982. The lowest BCUT2D eigenvalue weighted by atomic mass is 9.97. The van der Waals surface area contributed by atoms with Crippen LogP contribution in [0.3, 0.4) is 0 Å². The van der Waals surface area contributed by atoms with Crippen LogP contribution in [0, 0.1) is 0 Å². The summed E-state index contributed by atoms with van der Waals surface area (Å²) in [5.74, 6) is 0.891. The van der Waals surface area contributed by atoms with Crippen molar-refractivity contribution in [2.75, 3.05) is 20.8 Å². The SMILES string of the molecule is CCC(C)(NCOc1[nH]n2c(-c3ccc(Cl)cc3)nnc2c1Cl)C(=O)N(C)C. The Kier molecular flexibility index (Phi) is 5.83. The molecule has 1 amide bonds. The molecule has 0 saturated carbocycles. The maximum Gasteiger partial charge on any atom is 0.242 e. The van der Waals surface area contributed by atoms with Crippen molar-refractivity contribution in [1.82, 2.24) is 30.0 Å². The molecular formula is C18H22Cl2N6O2. The fourth-order valence-corrected chi connectivity index (χ4v) is 3.12. The zero-order valence-corrected chi connectivity index (χ0v) is 17.6. The number of carbonyl (C=O) groups excluding carboxylic acids is 1. The number of amides is 1. The predicted octanol–water partition coefficient (Wildman–Crippen LogP) is 3.21. The van der Waals surface area contributed by atoms with Gasteiger partial charge in [0.2, 0.25) is 11.8 Å². The lowest BCUT2D eigenvalue weighted by Gasteiger charge is -2.30. The molecule has 8 nitrogen and oxygen atoms in total. The summed E-state index contributed by atoms with van der Waals surface area (Å²) in [6, 6.07) is 7.23. The third-order valence-corrected chi connectivity index (χ3v) is 5.23. The van der Waals surface area contributed by atoms with Crippen LogP contribution < -0.4 is 10.1 Å². The van der Waals surface area contributed by atoms with Gasteiger partial charge >= 0.3 is 0 Å². The molecule has 0 aliphatic rings. The Labute approximate surface area is 172 Å². The van der Waals surface area contributed by atoms with Crippen LogP contribution in [0.25, 0.3) is 17.0 Å². The molecule has 3 aromatic rings. The number of aromatic amines is 1. The van der Waals surface area contributed by atoms with Gasteiger partial charge in [-0.05, 0) is 37.6 Å². The second-order valence-corrected chi connectivity index (χ2v) is 7.61. The van der Waals surface area contributed by atoms with Gasteiger partial charge in [0.1, 0.15) is 11.8 Å². The molecule has 1 aromatic carbocycles. The number of aromatic nitrogens is 4. The number of H-pyrrole nitrogens is 1. The fourth-order valence-electron chi connectivity index (χ4n) is 2.78. The molecule has 28 heavy (non-hydrogen) atoms. The van der Waals surface area contributed by atoms with Crippen molar-refractivity contribution >= 4 is 34.8 Å².